The monoisotopic (exact) mass is 468 g/mol. The number of carbonyl (C=O) groups is 3. The van der Waals surface area contributed by atoms with E-state index in [0.717, 1.165) is 11.1 Å². The highest BCUT2D eigenvalue weighted by Crippen LogP contribution is 2.26. The van der Waals surface area contributed by atoms with E-state index in [-0.39, 0.29) is 49.8 Å². The summed E-state index contributed by atoms with van der Waals surface area (Å²) in [6.07, 6.45) is -0.636. The molecule has 4 rings (SSSR count). The van der Waals surface area contributed by atoms with Crippen LogP contribution in [0.15, 0.2) is 48.5 Å². The molecule has 2 heterocycles. The van der Waals surface area contributed by atoms with E-state index in [9.17, 15) is 18.8 Å². The zero-order valence-corrected chi connectivity index (χ0v) is 19.6. The highest BCUT2D eigenvalue weighted by molar-refractivity contribution is 5.89. The van der Waals surface area contributed by atoms with Crippen LogP contribution in [0.2, 0.25) is 0 Å². The number of rotatable bonds is 5. The number of hydrogen-bond donors (Lipinski definition) is 1. The van der Waals surface area contributed by atoms with E-state index in [0.29, 0.717) is 12.2 Å². The highest BCUT2D eigenvalue weighted by Gasteiger charge is 2.45. The largest absolute Gasteiger partial charge is 0.377 e. The summed E-state index contributed by atoms with van der Waals surface area (Å²) in [5, 5.41) is 5.99. The Morgan fingerprint density at radius 3 is 2.53 bits per heavy atom. The number of piperazine rings is 1. The van der Waals surface area contributed by atoms with Crippen LogP contribution in [0.5, 0.6) is 0 Å². The molecular weight excluding hydrogens is 439 g/mol. The first-order valence-corrected chi connectivity index (χ1v) is 11.1. The molecule has 2 saturated heterocycles. The van der Waals surface area contributed by atoms with Gasteiger partial charge >= 0.3 is 6.03 Å². The van der Waals surface area contributed by atoms with Crippen LogP contribution >= 0.6 is 0 Å². The Morgan fingerprint density at radius 2 is 1.82 bits per heavy atom. The molecule has 180 valence electrons. The third-order valence-corrected chi connectivity index (χ3v) is 6.12. The predicted molar refractivity (Wildman–Crippen MR) is 125 cm³/mol. The molecule has 0 aromatic heterocycles. The van der Waals surface area contributed by atoms with Crippen LogP contribution in [0.25, 0.3) is 0 Å². The number of urea groups is 1. The number of amides is 4. The Balaban J connectivity index is 1.54. The van der Waals surface area contributed by atoms with Gasteiger partial charge in [0.2, 0.25) is 11.8 Å². The lowest BCUT2D eigenvalue weighted by molar-refractivity contribution is -0.178. The van der Waals surface area contributed by atoms with Crippen molar-refractivity contribution in [3.05, 3.63) is 65.5 Å². The Kier molecular flexibility index (Phi) is 6.69. The minimum Gasteiger partial charge on any atom is -0.377 e. The molecule has 2 aromatic rings. The molecule has 0 bridgehead atoms. The number of fused-ring (bicyclic) bond motifs is 1. The van der Waals surface area contributed by atoms with Gasteiger partial charge in [-0.1, -0.05) is 36.4 Å². The molecule has 0 saturated carbocycles. The third kappa shape index (κ3) is 4.81. The summed E-state index contributed by atoms with van der Waals surface area (Å²) in [5.41, 5.74) is 2.41. The molecule has 2 aromatic carbocycles. The number of hydrazine groups is 1. The minimum atomic E-state index is -0.636. The molecule has 0 radical (unpaired) electrons. The summed E-state index contributed by atoms with van der Waals surface area (Å²) < 4.78 is 13.8. The number of hydrogen-bond acceptors (Lipinski definition) is 5. The average Bonchev–Trinajstić information content (AvgIpc) is 2.80. The van der Waals surface area contributed by atoms with E-state index in [1.54, 1.807) is 27.9 Å². The number of halogens is 1. The van der Waals surface area contributed by atoms with Crippen molar-refractivity contribution < 1.29 is 18.8 Å². The van der Waals surface area contributed by atoms with Crippen molar-refractivity contribution in [2.45, 2.75) is 19.3 Å². The first-order valence-electron chi connectivity index (χ1n) is 11.1. The Morgan fingerprint density at radius 1 is 1.09 bits per heavy atom. The van der Waals surface area contributed by atoms with Gasteiger partial charge in [0, 0.05) is 39.9 Å². The van der Waals surface area contributed by atoms with Gasteiger partial charge in [0.25, 0.3) is 0 Å². The molecule has 0 spiro atoms. The van der Waals surface area contributed by atoms with Crippen LogP contribution in [0, 0.1) is 5.82 Å². The number of nitrogens with one attached hydrogen (secondary N) is 1. The van der Waals surface area contributed by atoms with Gasteiger partial charge in [-0.3, -0.25) is 9.59 Å². The first kappa shape index (κ1) is 23.5. The number of likely N-dealkylation sites (N-methyl/N-ethyl adjacent to an activating group) is 1. The molecule has 0 aliphatic carbocycles. The lowest BCUT2D eigenvalue weighted by Gasteiger charge is -2.51. The average molecular weight is 469 g/mol. The highest BCUT2D eigenvalue weighted by atomic mass is 19.1. The molecule has 1 N–H and O–H groups in total. The Labute approximate surface area is 198 Å². The van der Waals surface area contributed by atoms with Gasteiger partial charge in [-0.05, 0) is 23.3 Å². The van der Waals surface area contributed by atoms with Gasteiger partial charge < -0.3 is 20.0 Å². The maximum absolute atomic E-state index is 13.8. The van der Waals surface area contributed by atoms with E-state index < -0.39 is 6.17 Å². The van der Waals surface area contributed by atoms with Gasteiger partial charge in [0.15, 0.2) is 0 Å². The van der Waals surface area contributed by atoms with Gasteiger partial charge in [-0.15, -0.1) is 0 Å². The van der Waals surface area contributed by atoms with Crippen LogP contribution in [-0.2, 0) is 22.7 Å². The van der Waals surface area contributed by atoms with E-state index in [1.807, 2.05) is 44.4 Å². The van der Waals surface area contributed by atoms with Gasteiger partial charge in [0.05, 0.1) is 13.1 Å². The van der Waals surface area contributed by atoms with E-state index in [2.05, 4.69) is 5.32 Å². The lowest BCUT2D eigenvalue weighted by Crippen LogP contribution is -2.73. The second-order valence-corrected chi connectivity index (χ2v) is 8.75. The second kappa shape index (κ2) is 9.68. The molecule has 10 heteroatoms. The van der Waals surface area contributed by atoms with Crippen LogP contribution in [0.1, 0.15) is 11.1 Å². The maximum atomic E-state index is 13.8. The lowest BCUT2D eigenvalue weighted by atomic mass is 10.1. The molecule has 1 unspecified atom stereocenters. The SMILES string of the molecule is CN(C)c1cc(F)ccc1CN1CC2N(CC1=O)C(=O)CN(C)N2C(=O)NCc1ccccc1. The third-order valence-electron chi connectivity index (χ3n) is 6.12. The number of benzene rings is 2. The zero-order valence-electron chi connectivity index (χ0n) is 19.6. The fourth-order valence-corrected chi connectivity index (χ4v) is 4.39. The fraction of sp³-hybridized carbons (Fsp3) is 0.375. The summed E-state index contributed by atoms with van der Waals surface area (Å²) >= 11 is 0. The van der Waals surface area contributed by atoms with E-state index in [1.165, 1.54) is 22.0 Å². The van der Waals surface area contributed by atoms with Crippen molar-refractivity contribution >= 4 is 23.5 Å². The number of nitrogens with zero attached hydrogens (tertiary/aromatic N) is 5. The van der Waals surface area contributed by atoms with E-state index >= 15 is 0 Å². The molecule has 2 aliphatic rings. The number of anilines is 1. The molecule has 4 amide bonds. The van der Waals surface area contributed by atoms with Crippen molar-refractivity contribution in [1.29, 1.82) is 0 Å². The standard InChI is InChI=1S/C24H29FN6O3/c1-27(2)20-11-19(25)10-9-18(20)13-29-14-21-30(16-22(29)32)23(33)15-28(3)31(21)24(34)26-12-17-7-5-4-6-8-17/h4-11,21H,12-16H2,1-3H3,(H,26,34). The van der Waals surface area contributed by atoms with E-state index in [4.69, 9.17) is 0 Å². The van der Waals surface area contributed by atoms with Gasteiger partial charge in [-0.25, -0.2) is 19.2 Å². The summed E-state index contributed by atoms with van der Waals surface area (Å²) in [4.78, 5) is 43.6. The van der Waals surface area contributed by atoms with Crippen LogP contribution in [-0.4, -0.2) is 84.6 Å². The van der Waals surface area contributed by atoms with Crippen LogP contribution in [0.4, 0.5) is 14.9 Å². The van der Waals surface area contributed by atoms with Crippen molar-refractivity contribution in [3.8, 4) is 0 Å². The van der Waals surface area contributed by atoms with Crippen LogP contribution < -0.4 is 10.2 Å². The summed E-state index contributed by atoms with van der Waals surface area (Å²) in [6, 6.07) is 13.6. The Hall–Kier alpha value is -3.66. The normalized spacial score (nSPS) is 18.7. The second-order valence-electron chi connectivity index (χ2n) is 8.75. The van der Waals surface area contributed by atoms with Crippen molar-refractivity contribution in [2.24, 2.45) is 0 Å². The smallest absolute Gasteiger partial charge is 0.334 e. The van der Waals surface area contributed by atoms with Crippen LogP contribution in [0.3, 0.4) is 0 Å². The summed E-state index contributed by atoms with van der Waals surface area (Å²) in [6.45, 7) is 0.630. The maximum Gasteiger partial charge on any atom is 0.334 e. The summed E-state index contributed by atoms with van der Waals surface area (Å²) in [7, 11) is 5.30. The Bertz CT molecular complexity index is 1080. The molecular formula is C24H29FN6O3. The molecule has 9 nitrogen and oxygen atoms in total. The molecule has 2 fully saturated rings. The van der Waals surface area contributed by atoms with Gasteiger partial charge in [0.1, 0.15) is 18.5 Å². The number of carbonyl (C=O) groups excluding carboxylic acids is 3. The predicted octanol–water partition coefficient (Wildman–Crippen LogP) is 1.46. The zero-order chi connectivity index (χ0) is 24.4. The first-order chi connectivity index (χ1) is 16.2. The topological polar surface area (TPSA) is 79.4 Å². The fourth-order valence-electron chi connectivity index (χ4n) is 4.39. The summed E-state index contributed by atoms with van der Waals surface area (Å²) in [5.74, 6) is -0.777. The minimum absolute atomic E-state index is 0.00523. The van der Waals surface area contributed by atoms with Crippen molar-refractivity contribution in [2.75, 3.05) is 45.7 Å². The molecule has 34 heavy (non-hydrogen) atoms. The van der Waals surface area contributed by atoms with Crippen molar-refractivity contribution in [3.63, 3.8) is 0 Å². The molecule has 2 aliphatic heterocycles. The quantitative estimate of drug-likeness (QED) is 0.719. The molecule has 1 atom stereocenters. The van der Waals surface area contributed by atoms with Crippen molar-refractivity contribution in [1.82, 2.24) is 25.1 Å². The van der Waals surface area contributed by atoms with Gasteiger partial charge in [-0.2, -0.15) is 0 Å².